The van der Waals surface area contributed by atoms with Crippen LogP contribution < -0.4 is 11.4 Å². The van der Waals surface area contributed by atoms with Crippen molar-refractivity contribution in [3.8, 4) is 0 Å². The smallest absolute Gasteiger partial charge is 0.351 e. The standard InChI is InChI=1S/C11H13F2N3O4/c1-4-2-16(11(19)15-9(4)14)10-6(8(12)13)7(18)5(3-17)20-10/h2,5,7,10,17-18H,3H2,1H3,(H2,14,15,19)/t5-,7?,10-/m1/s1. The van der Waals surface area contributed by atoms with Crippen molar-refractivity contribution in [2.75, 3.05) is 12.3 Å². The van der Waals surface area contributed by atoms with Crippen molar-refractivity contribution in [1.29, 1.82) is 0 Å². The van der Waals surface area contributed by atoms with Crippen molar-refractivity contribution >= 4 is 5.82 Å². The lowest BCUT2D eigenvalue weighted by atomic mass is 10.1. The molecule has 0 radical (unpaired) electrons. The number of rotatable bonds is 2. The largest absolute Gasteiger partial charge is 0.394 e. The molecule has 4 N–H and O–H groups in total. The molecule has 1 saturated heterocycles. The first-order chi connectivity index (χ1) is 9.36. The zero-order chi connectivity index (χ0) is 15.0. The number of aromatic nitrogens is 2. The molecule has 0 saturated carbocycles. The van der Waals surface area contributed by atoms with Gasteiger partial charge in [0.05, 0.1) is 12.2 Å². The molecular formula is C11H13F2N3O4. The van der Waals surface area contributed by atoms with Crippen LogP contribution in [0.1, 0.15) is 11.8 Å². The minimum Gasteiger partial charge on any atom is -0.394 e. The maximum absolute atomic E-state index is 12.9. The van der Waals surface area contributed by atoms with Gasteiger partial charge in [-0.2, -0.15) is 13.8 Å². The predicted octanol–water partition coefficient (Wildman–Crippen LogP) is -0.465. The summed E-state index contributed by atoms with van der Waals surface area (Å²) in [5, 5.41) is 18.7. The van der Waals surface area contributed by atoms with E-state index in [0.29, 0.717) is 5.56 Å². The highest BCUT2D eigenvalue weighted by atomic mass is 19.3. The van der Waals surface area contributed by atoms with Crippen LogP contribution in [0.5, 0.6) is 0 Å². The van der Waals surface area contributed by atoms with Crippen LogP contribution in [0, 0.1) is 6.92 Å². The van der Waals surface area contributed by atoms with Crippen molar-refractivity contribution in [2.45, 2.75) is 25.4 Å². The fourth-order valence-electron chi connectivity index (χ4n) is 1.97. The van der Waals surface area contributed by atoms with Gasteiger partial charge in [-0.15, -0.1) is 0 Å². The lowest BCUT2D eigenvalue weighted by Crippen LogP contribution is -2.29. The van der Waals surface area contributed by atoms with Crippen LogP contribution >= 0.6 is 0 Å². The molecule has 1 fully saturated rings. The van der Waals surface area contributed by atoms with Crippen LogP contribution in [0.3, 0.4) is 0 Å². The molecule has 1 aromatic rings. The van der Waals surface area contributed by atoms with E-state index in [4.69, 9.17) is 15.6 Å². The van der Waals surface area contributed by atoms with E-state index in [1.165, 1.54) is 6.20 Å². The SMILES string of the molecule is Cc1cn([C@@H]2O[C@H](CO)C(O)C2=C(F)F)c(=O)nc1N. The average Bonchev–Trinajstić information content (AvgIpc) is 2.70. The lowest BCUT2D eigenvalue weighted by Gasteiger charge is -2.15. The van der Waals surface area contributed by atoms with Crippen molar-refractivity contribution in [2.24, 2.45) is 0 Å². The Morgan fingerprint density at radius 2 is 2.25 bits per heavy atom. The van der Waals surface area contributed by atoms with Crippen LogP contribution in [-0.4, -0.2) is 38.6 Å². The summed E-state index contributed by atoms with van der Waals surface area (Å²) in [6, 6.07) is 0. The Kier molecular flexibility index (Phi) is 3.84. The van der Waals surface area contributed by atoms with E-state index in [1.807, 2.05) is 0 Å². The highest BCUT2D eigenvalue weighted by molar-refractivity contribution is 5.35. The van der Waals surface area contributed by atoms with E-state index >= 15 is 0 Å². The number of halogens is 2. The summed E-state index contributed by atoms with van der Waals surface area (Å²) in [5.41, 5.74) is 4.19. The number of anilines is 1. The summed E-state index contributed by atoms with van der Waals surface area (Å²) in [7, 11) is 0. The van der Waals surface area contributed by atoms with Gasteiger partial charge < -0.3 is 20.7 Å². The topological polar surface area (TPSA) is 111 Å². The summed E-state index contributed by atoms with van der Waals surface area (Å²) >= 11 is 0. The monoisotopic (exact) mass is 289 g/mol. The van der Waals surface area contributed by atoms with Gasteiger partial charge in [-0.05, 0) is 6.92 Å². The van der Waals surface area contributed by atoms with E-state index in [9.17, 15) is 18.7 Å². The molecular weight excluding hydrogens is 276 g/mol. The van der Waals surface area contributed by atoms with Crippen molar-refractivity contribution < 1.29 is 23.7 Å². The molecule has 1 aromatic heterocycles. The van der Waals surface area contributed by atoms with E-state index in [0.717, 1.165) is 4.57 Å². The van der Waals surface area contributed by atoms with E-state index < -0.39 is 42.4 Å². The Labute approximate surface area is 111 Å². The summed E-state index contributed by atoms with van der Waals surface area (Å²) in [5.74, 6) is -0.0187. The van der Waals surface area contributed by atoms with Crippen molar-refractivity contribution in [1.82, 2.24) is 9.55 Å². The highest BCUT2D eigenvalue weighted by Gasteiger charge is 2.43. The van der Waals surface area contributed by atoms with Gasteiger partial charge in [0.25, 0.3) is 6.08 Å². The number of aliphatic hydroxyl groups excluding tert-OH is 2. The number of nitrogen functional groups attached to an aromatic ring is 1. The second-order valence-electron chi connectivity index (χ2n) is 4.37. The van der Waals surface area contributed by atoms with Gasteiger partial charge in [-0.3, -0.25) is 4.57 Å². The number of ether oxygens (including phenoxy) is 1. The molecule has 3 atom stereocenters. The van der Waals surface area contributed by atoms with Gasteiger partial charge in [0.15, 0.2) is 6.23 Å². The molecule has 1 aliphatic heterocycles. The van der Waals surface area contributed by atoms with Crippen LogP contribution in [0.4, 0.5) is 14.6 Å². The fraction of sp³-hybridized carbons (Fsp3) is 0.455. The minimum absolute atomic E-state index is 0.0187. The quantitative estimate of drug-likeness (QED) is 0.679. The maximum Gasteiger partial charge on any atom is 0.351 e. The minimum atomic E-state index is -2.17. The van der Waals surface area contributed by atoms with Crippen molar-refractivity contribution in [3.63, 3.8) is 0 Å². The summed E-state index contributed by atoms with van der Waals surface area (Å²) in [4.78, 5) is 15.2. The Hall–Kier alpha value is -1.84. The summed E-state index contributed by atoms with van der Waals surface area (Å²) in [6.45, 7) is 0.882. The van der Waals surface area contributed by atoms with Gasteiger partial charge in [0, 0.05) is 11.8 Å². The molecule has 7 nitrogen and oxygen atoms in total. The molecule has 1 aliphatic rings. The number of hydrogen-bond donors (Lipinski definition) is 3. The molecule has 0 bridgehead atoms. The highest BCUT2D eigenvalue weighted by Crippen LogP contribution is 2.36. The molecule has 20 heavy (non-hydrogen) atoms. The van der Waals surface area contributed by atoms with E-state index in [1.54, 1.807) is 6.92 Å². The first-order valence-corrected chi connectivity index (χ1v) is 5.71. The third-order valence-corrected chi connectivity index (χ3v) is 3.07. The molecule has 9 heteroatoms. The number of aliphatic hydroxyl groups is 2. The first-order valence-electron chi connectivity index (χ1n) is 5.71. The van der Waals surface area contributed by atoms with Gasteiger partial charge in [-0.25, -0.2) is 4.79 Å². The summed E-state index contributed by atoms with van der Waals surface area (Å²) in [6.07, 6.45) is -5.41. The third kappa shape index (κ3) is 2.30. The Morgan fingerprint density at radius 3 is 2.80 bits per heavy atom. The maximum atomic E-state index is 12.9. The average molecular weight is 289 g/mol. The second kappa shape index (κ2) is 5.27. The van der Waals surface area contributed by atoms with E-state index in [-0.39, 0.29) is 5.82 Å². The molecule has 0 spiro atoms. The van der Waals surface area contributed by atoms with Crippen LogP contribution in [0.25, 0.3) is 0 Å². The van der Waals surface area contributed by atoms with Crippen LogP contribution in [-0.2, 0) is 4.74 Å². The number of hydrogen-bond acceptors (Lipinski definition) is 6. The Bertz CT molecular complexity index is 612. The van der Waals surface area contributed by atoms with Crippen LogP contribution in [0.2, 0.25) is 0 Å². The third-order valence-electron chi connectivity index (χ3n) is 3.07. The summed E-state index contributed by atoms with van der Waals surface area (Å²) < 4.78 is 31.8. The van der Waals surface area contributed by atoms with Crippen molar-refractivity contribution in [3.05, 3.63) is 33.9 Å². The van der Waals surface area contributed by atoms with E-state index in [2.05, 4.69) is 4.98 Å². The molecule has 110 valence electrons. The molecule has 0 aliphatic carbocycles. The zero-order valence-corrected chi connectivity index (χ0v) is 10.5. The van der Waals surface area contributed by atoms with Gasteiger partial charge in [0.2, 0.25) is 0 Å². The number of aryl methyl sites for hydroxylation is 1. The zero-order valence-electron chi connectivity index (χ0n) is 10.5. The van der Waals surface area contributed by atoms with Gasteiger partial charge >= 0.3 is 5.69 Å². The van der Waals surface area contributed by atoms with Gasteiger partial charge in [0.1, 0.15) is 18.0 Å². The molecule has 2 rings (SSSR count). The number of nitrogens with two attached hydrogens (primary N) is 1. The first kappa shape index (κ1) is 14.6. The number of nitrogens with zero attached hydrogens (tertiary/aromatic N) is 2. The molecule has 1 unspecified atom stereocenters. The normalized spacial score (nSPS) is 26.1. The Morgan fingerprint density at radius 1 is 1.60 bits per heavy atom. The lowest BCUT2D eigenvalue weighted by molar-refractivity contribution is -0.0448. The molecule has 0 amide bonds. The van der Waals surface area contributed by atoms with Crippen LogP contribution in [0.15, 0.2) is 22.6 Å². The fourth-order valence-corrected chi connectivity index (χ4v) is 1.97. The predicted molar refractivity (Wildman–Crippen MR) is 63.9 cm³/mol. The van der Waals surface area contributed by atoms with Gasteiger partial charge in [-0.1, -0.05) is 0 Å². The second-order valence-corrected chi connectivity index (χ2v) is 4.37. The molecule has 2 heterocycles. The Balaban J connectivity index is 2.54. The molecule has 0 aromatic carbocycles.